The molecule has 146 valence electrons. The molecule has 1 atom stereocenters. The molecule has 0 aliphatic rings. The Balaban J connectivity index is 1.78. The van der Waals surface area contributed by atoms with Crippen molar-refractivity contribution >= 4 is 20.6 Å². The fraction of sp³-hybridized carbons (Fsp3) is 0.0870. The monoisotopic (exact) mass is 407 g/mol. The third-order valence-corrected chi connectivity index (χ3v) is 6.53. The van der Waals surface area contributed by atoms with E-state index in [9.17, 15) is 17.9 Å². The first kappa shape index (κ1) is 19.2. The topological polar surface area (TPSA) is 67.3 Å². The Morgan fingerprint density at radius 1 is 0.897 bits per heavy atom. The Morgan fingerprint density at radius 3 is 2.28 bits per heavy atom. The second-order valence-electron chi connectivity index (χ2n) is 6.81. The molecule has 0 amide bonds. The summed E-state index contributed by atoms with van der Waals surface area (Å²) >= 11 is 0. The molecular weight excluding hydrogens is 389 g/mol. The van der Waals surface area contributed by atoms with Crippen LogP contribution in [0.15, 0.2) is 88.9 Å². The van der Waals surface area contributed by atoms with Crippen LogP contribution >= 0.6 is 0 Å². The lowest BCUT2D eigenvalue weighted by Crippen LogP contribution is -2.09. The highest BCUT2D eigenvalue weighted by molar-refractivity contribution is 7.91. The van der Waals surface area contributed by atoms with Crippen LogP contribution in [0.2, 0.25) is 0 Å². The zero-order valence-corrected chi connectivity index (χ0v) is 16.4. The minimum absolute atomic E-state index is 0.111. The number of hydrogen-bond donors (Lipinski definition) is 1. The fourth-order valence-electron chi connectivity index (χ4n) is 3.27. The first-order chi connectivity index (χ1) is 13.9. The molecule has 4 nitrogen and oxygen atoms in total. The van der Waals surface area contributed by atoms with Crippen molar-refractivity contribution in [1.82, 2.24) is 4.98 Å². The number of hydrogen-bond acceptors (Lipinski definition) is 4. The summed E-state index contributed by atoms with van der Waals surface area (Å²) in [5, 5.41) is 11.4. The number of aliphatic hydroxyl groups excluding tert-OH is 1. The third-order valence-electron chi connectivity index (χ3n) is 4.80. The van der Waals surface area contributed by atoms with Crippen molar-refractivity contribution in [3.63, 3.8) is 0 Å². The van der Waals surface area contributed by atoms with Crippen LogP contribution in [0, 0.1) is 5.82 Å². The SMILES string of the molecule is C[C@@H](O)c1cccnc1S(=O)(=O)c1ccc2cc(-c3ccc(F)cc3)ccc2c1. The van der Waals surface area contributed by atoms with Gasteiger partial charge in [0, 0.05) is 11.8 Å². The molecule has 6 heteroatoms. The number of fused-ring (bicyclic) bond motifs is 1. The van der Waals surface area contributed by atoms with Gasteiger partial charge in [0.25, 0.3) is 0 Å². The van der Waals surface area contributed by atoms with Crippen LogP contribution in [-0.2, 0) is 9.84 Å². The van der Waals surface area contributed by atoms with Crippen molar-refractivity contribution in [3.05, 3.63) is 90.4 Å². The summed E-state index contributed by atoms with van der Waals surface area (Å²) < 4.78 is 39.4. The van der Waals surface area contributed by atoms with Gasteiger partial charge in [0.05, 0.1) is 11.0 Å². The quantitative estimate of drug-likeness (QED) is 0.521. The van der Waals surface area contributed by atoms with Crippen molar-refractivity contribution in [2.45, 2.75) is 22.9 Å². The first-order valence-electron chi connectivity index (χ1n) is 9.04. The molecule has 0 aliphatic heterocycles. The summed E-state index contributed by atoms with van der Waals surface area (Å²) in [4.78, 5) is 4.12. The number of halogens is 1. The molecule has 1 heterocycles. The lowest BCUT2D eigenvalue weighted by molar-refractivity contribution is 0.195. The average molecular weight is 407 g/mol. The Hall–Kier alpha value is -3.09. The second-order valence-corrected chi connectivity index (χ2v) is 8.67. The predicted molar refractivity (Wildman–Crippen MR) is 110 cm³/mol. The lowest BCUT2D eigenvalue weighted by Gasteiger charge is -2.12. The van der Waals surface area contributed by atoms with Gasteiger partial charge in [-0.05, 0) is 65.2 Å². The Morgan fingerprint density at radius 2 is 1.55 bits per heavy atom. The van der Waals surface area contributed by atoms with Crippen molar-refractivity contribution in [1.29, 1.82) is 0 Å². The number of pyridine rings is 1. The van der Waals surface area contributed by atoms with E-state index >= 15 is 0 Å². The van der Waals surface area contributed by atoms with Gasteiger partial charge in [0.1, 0.15) is 5.82 Å². The number of benzene rings is 3. The van der Waals surface area contributed by atoms with Crippen molar-refractivity contribution < 1.29 is 17.9 Å². The molecule has 4 aromatic rings. The van der Waals surface area contributed by atoms with Crippen molar-refractivity contribution in [3.8, 4) is 11.1 Å². The third kappa shape index (κ3) is 3.64. The molecule has 0 bridgehead atoms. The Labute approximate surface area is 168 Å². The molecule has 1 aromatic heterocycles. The summed E-state index contributed by atoms with van der Waals surface area (Å²) in [6, 6.07) is 19.9. The van der Waals surface area contributed by atoms with E-state index < -0.39 is 15.9 Å². The van der Waals surface area contributed by atoms with E-state index in [4.69, 9.17) is 0 Å². The summed E-state index contributed by atoms with van der Waals surface area (Å²) in [5.41, 5.74) is 2.05. The maximum Gasteiger partial charge on any atom is 0.224 e. The Bertz CT molecular complexity index is 1300. The minimum atomic E-state index is -3.89. The predicted octanol–water partition coefficient (Wildman–Crippen LogP) is 4.93. The molecule has 0 aliphatic carbocycles. The van der Waals surface area contributed by atoms with E-state index in [1.165, 1.54) is 31.3 Å². The van der Waals surface area contributed by atoms with Crippen LogP contribution in [-0.4, -0.2) is 18.5 Å². The summed E-state index contributed by atoms with van der Waals surface area (Å²) in [7, 11) is -3.89. The number of rotatable bonds is 4. The standard InChI is InChI=1S/C23H18FNO3S/c1-15(26)22-3-2-12-25-23(22)29(27,28)21-11-8-18-13-17(4-5-19(18)14-21)16-6-9-20(24)10-7-16/h2-15,26H,1H3/t15-/m1/s1. The van der Waals surface area contributed by atoms with Crippen LogP contribution < -0.4 is 0 Å². The summed E-state index contributed by atoms with van der Waals surface area (Å²) in [5.74, 6) is -0.296. The van der Waals surface area contributed by atoms with Crippen LogP contribution in [0.3, 0.4) is 0 Å². The lowest BCUT2D eigenvalue weighted by atomic mass is 10.0. The number of aromatic nitrogens is 1. The second kappa shape index (κ2) is 7.39. The van der Waals surface area contributed by atoms with E-state index in [-0.39, 0.29) is 21.3 Å². The molecule has 0 fully saturated rings. The summed E-state index contributed by atoms with van der Waals surface area (Å²) in [6.45, 7) is 1.51. The van der Waals surface area contributed by atoms with Crippen LogP contribution in [0.5, 0.6) is 0 Å². The maximum absolute atomic E-state index is 13.2. The van der Waals surface area contributed by atoms with E-state index in [1.807, 2.05) is 18.2 Å². The van der Waals surface area contributed by atoms with Gasteiger partial charge in [-0.25, -0.2) is 17.8 Å². The highest BCUT2D eigenvalue weighted by atomic mass is 32.2. The van der Waals surface area contributed by atoms with Crippen molar-refractivity contribution in [2.75, 3.05) is 0 Å². The van der Waals surface area contributed by atoms with Gasteiger partial charge >= 0.3 is 0 Å². The minimum Gasteiger partial charge on any atom is -0.389 e. The van der Waals surface area contributed by atoms with Crippen LogP contribution in [0.25, 0.3) is 21.9 Å². The molecule has 29 heavy (non-hydrogen) atoms. The van der Waals surface area contributed by atoms with Gasteiger partial charge in [0.2, 0.25) is 9.84 Å². The number of nitrogens with zero attached hydrogens (tertiary/aromatic N) is 1. The number of aliphatic hydroxyl groups is 1. The molecule has 0 unspecified atom stereocenters. The zero-order chi connectivity index (χ0) is 20.6. The zero-order valence-electron chi connectivity index (χ0n) is 15.6. The maximum atomic E-state index is 13.2. The molecule has 3 aromatic carbocycles. The Kier molecular flexibility index (Phi) is 4.90. The molecule has 0 saturated carbocycles. The van der Waals surface area contributed by atoms with Gasteiger partial charge in [0.15, 0.2) is 5.03 Å². The fourth-order valence-corrected chi connectivity index (χ4v) is 4.77. The molecular formula is C23H18FNO3S. The van der Waals surface area contributed by atoms with Crippen LogP contribution in [0.1, 0.15) is 18.6 Å². The van der Waals surface area contributed by atoms with Gasteiger partial charge in [-0.3, -0.25) is 0 Å². The number of sulfone groups is 1. The molecule has 0 radical (unpaired) electrons. The highest BCUT2D eigenvalue weighted by Gasteiger charge is 2.24. The van der Waals surface area contributed by atoms with Crippen LogP contribution in [0.4, 0.5) is 4.39 Å². The summed E-state index contributed by atoms with van der Waals surface area (Å²) in [6.07, 6.45) is 0.446. The molecule has 0 spiro atoms. The van der Waals surface area contributed by atoms with Gasteiger partial charge in [-0.2, -0.15) is 0 Å². The van der Waals surface area contributed by atoms with Gasteiger partial charge in [-0.15, -0.1) is 0 Å². The van der Waals surface area contributed by atoms with E-state index in [0.29, 0.717) is 0 Å². The average Bonchev–Trinajstić information content (AvgIpc) is 2.73. The van der Waals surface area contributed by atoms with E-state index in [1.54, 1.807) is 36.4 Å². The van der Waals surface area contributed by atoms with E-state index in [0.717, 1.165) is 21.9 Å². The molecule has 4 rings (SSSR count). The smallest absolute Gasteiger partial charge is 0.224 e. The molecule has 0 saturated heterocycles. The first-order valence-corrected chi connectivity index (χ1v) is 10.5. The normalized spacial score (nSPS) is 12.8. The molecule has 1 N–H and O–H groups in total. The van der Waals surface area contributed by atoms with E-state index in [2.05, 4.69) is 4.98 Å². The van der Waals surface area contributed by atoms with Crippen molar-refractivity contribution in [2.24, 2.45) is 0 Å². The van der Waals surface area contributed by atoms with Gasteiger partial charge in [-0.1, -0.05) is 36.4 Å². The highest BCUT2D eigenvalue weighted by Crippen LogP contribution is 2.30. The largest absolute Gasteiger partial charge is 0.389 e. The van der Waals surface area contributed by atoms with Gasteiger partial charge < -0.3 is 5.11 Å².